The molecule has 2 aromatic carbocycles. The van der Waals surface area contributed by atoms with Crippen molar-refractivity contribution in [2.45, 2.75) is 6.92 Å². The molecule has 1 aromatic heterocycles. The molecule has 0 unspecified atom stereocenters. The Morgan fingerprint density at radius 1 is 1.15 bits per heavy atom. The van der Waals surface area contributed by atoms with E-state index in [1.807, 2.05) is 0 Å². The van der Waals surface area contributed by atoms with Gasteiger partial charge in [-0.05, 0) is 43.3 Å². The summed E-state index contributed by atoms with van der Waals surface area (Å²) < 4.78 is 19.6. The number of carbonyl (C=O) groups is 1. The van der Waals surface area contributed by atoms with E-state index < -0.39 is 0 Å². The maximum atomic E-state index is 13.2. The smallest absolute Gasteiger partial charge is 0.228 e. The van der Waals surface area contributed by atoms with E-state index in [0.29, 0.717) is 11.1 Å². The molecule has 0 saturated carbocycles. The van der Waals surface area contributed by atoms with Crippen LogP contribution in [0.5, 0.6) is 0 Å². The molecule has 0 aliphatic carbocycles. The second kappa shape index (κ2) is 4.87. The Hall–Kier alpha value is -1.94. The molecule has 20 heavy (non-hydrogen) atoms. The number of fused-ring (bicyclic) bond motifs is 1. The highest BCUT2D eigenvalue weighted by Crippen LogP contribution is 2.27. The van der Waals surface area contributed by atoms with Crippen LogP contribution in [-0.2, 0) is 0 Å². The zero-order chi connectivity index (χ0) is 14.3. The van der Waals surface area contributed by atoms with Crippen molar-refractivity contribution in [3.63, 3.8) is 0 Å². The molecule has 3 rings (SSSR count). The first-order valence-corrected chi connectivity index (χ1v) is 6.84. The third kappa shape index (κ3) is 2.16. The molecule has 0 radical (unpaired) electrons. The van der Waals surface area contributed by atoms with Crippen molar-refractivity contribution >= 4 is 32.7 Å². The Bertz CT molecular complexity index is 803. The fourth-order valence-corrected chi connectivity index (χ4v) is 2.41. The lowest BCUT2D eigenvalue weighted by molar-refractivity contribution is 0.101. The fraction of sp³-hybridized carbons (Fsp3) is 0.0625. The van der Waals surface area contributed by atoms with Gasteiger partial charge in [-0.2, -0.15) is 0 Å². The van der Waals surface area contributed by atoms with Gasteiger partial charge in [-0.3, -0.25) is 4.79 Å². The zero-order valence-electron chi connectivity index (χ0n) is 10.6. The third-order valence-electron chi connectivity index (χ3n) is 3.21. The Labute approximate surface area is 123 Å². The number of furan rings is 1. The average molecular weight is 333 g/mol. The summed E-state index contributed by atoms with van der Waals surface area (Å²) in [5.41, 5.74) is 1.66. The van der Waals surface area contributed by atoms with Gasteiger partial charge in [0.25, 0.3) is 0 Å². The van der Waals surface area contributed by atoms with Crippen LogP contribution in [0, 0.1) is 12.7 Å². The van der Waals surface area contributed by atoms with E-state index >= 15 is 0 Å². The van der Waals surface area contributed by atoms with Crippen LogP contribution >= 0.6 is 15.9 Å². The van der Waals surface area contributed by atoms with Crippen LogP contribution < -0.4 is 0 Å². The molecule has 0 fully saturated rings. The fourth-order valence-electron chi connectivity index (χ4n) is 2.15. The van der Waals surface area contributed by atoms with Gasteiger partial charge in [0, 0.05) is 27.1 Å². The Morgan fingerprint density at radius 3 is 2.55 bits per heavy atom. The number of rotatable bonds is 2. The van der Waals surface area contributed by atoms with Crippen molar-refractivity contribution < 1.29 is 13.6 Å². The molecule has 0 amide bonds. The van der Waals surface area contributed by atoms with Crippen LogP contribution in [0.25, 0.3) is 11.0 Å². The normalized spacial score (nSPS) is 10.9. The first kappa shape index (κ1) is 13.1. The molecule has 0 bridgehead atoms. The summed E-state index contributed by atoms with van der Waals surface area (Å²) in [6, 6.07) is 11.3. The molecule has 100 valence electrons. The summed E-state index contributed by atoms with van der Waals surface area (Å²) in [5.74, 6) is -0.326. The van der Waals surface area contributed by atoms with Crippen LogP contribution in [0.4, 0.5) is 4.39 Å². The molecular formula is C16H10BrFO2. The highest BCUT2D eigenvalue weighted by molar-refractivity contribution is 9.10. The van der Waals surface area contributed by atoms with Crippen LogP contribution in [0.1, 0.15) is 21.7 Å². The second-order valence-electron chi connectivity index (χ2n) is 4.53. The number of ketones is 1. The number of hydrogen-bond donors (Lipinski definition) is 0. The molecule has 0 spiro atoms. The Kier molecular flexibility index (Phi) is 3.18. The molecule has 0 aliphatic heterocycles. The second-order valence-corrected chi connectivity index (χ2v) is 5.45. The minimum Gasteiger partial charge on any atom is -0.452 e. The van der Waals surface area contributed by atoms with E-state index in [1.54, 1.807) is 37.3 Å². The summed E-state index contributed by atoms with van der Waals surface area (Å²) in [5, 5.41) is 0.756. The van der Waals surface area contributed by atoms with Crippen molar-refractivity contribution in [3.8, 4) is 0 Å². The van der Waals surface area contributed by atoms with Gasteiger partial charge in [0.05, 0.1) is 0 Å². The number of carbonyl (C=O) groups excluding carboxylic acids is 1. The molecule has 0 saturated heterocycles. The highest BCUT2D eigenvalue weighted by atomic mass is 79.9. The lowest BCUT2D eigenvalue weighted by Gasteiger charge is -1.99. The van der Waals surface area contributed by atoms with Gasteiger partial charge in [0.1, 0.15) is 11.4 Å². The van der Waals surface area contributed by atoms with Crippen molar-refractivity contribution in [1.29, 1.82) is 0 Å². The summed E-state index contributed by atoms with van der Waals surface area (Å²) in [4.78, 5) is 12.4. The van der Waals surface area contributed by atoms with Gasteiger partial charge < -0.3 is 4.42 Å². The molecular weight excluding hydrogens is 323 g/mol. The van der Waals surface area contributed by atoms with Gasteiger partial charge in [-0.15, -0.1) is 0 Å². The summed E-state index contributed by atoms with van der Waals surface area (Å²) >= 11 is 3.32. The standard InChI is InChI=1S/C16H10BrFO2/c1-9-13-7-6-12(18)8-14(13)20-16(9)15(19)10-2-4-11(17)5-3-10/h2-8H,1H3. The minimum absolute atomic E-state index is 0.202. The third-order valence-corrected chi connectivity index (χ3v) is 3.74. The first-order chi connectivity index (χ1) is 9.56. The van der Waals surface area contributed by atoms with E-state index in [9.17, 15) is 9.18 Å². The van der Waals surface area contributed by atoms with Gasteiger partial charge in [-0.25, -0.2) is 4.39 Å². The highest BCUT2D eigenvalue weighted by Gasteiger charge is 2.19. The van der Waals surface area contributed by atoms with Crippen LogP contribution in [0.3, 0.4) is 0 Å². The molecule has 4 heteroatoms. The van der Waals surface area contributed by atoms with Gasteiger partial charge in [-0.1, -0.05) is 15.9 Å². The topological polar surface area (TPSA) is 30.2 Å². The van der Waals surface area contributed by atoms with Crippen molar-refractivity contribution in [2.75, 3.05) is 0 Å². The number of hydrogen-bond acceptors (Lipinski definition) is 2. The molecule has 2 nitrogen and oxygen atoms in total. The van der Waals surface area contributed by atoms with Gasteiger partial charge in [0.2, 0.25) is 5.78 Å². The SMILES string of the molecule is Cc1c(C(=O)c2ccc(Br)cc2)oc2cc(F)ccc12. The van der Waals surface area contributed by atoms with Crippen molar-refractivity contribution in [2.24, 2.45) is 0 Å². The number of halogens is 2. The van der Waals surface area contributed by atoms with Gasteiger partial charge in [0.15, 0.2) is 5.76 Å². The maximum Gasteiger partial charge on any atom is 0.228 e. The summed E-state index contributed by atoms with van der Waals surface area (Å²) in [6.45, 7) is 1.80. The Morgan fingerprint density at radius 2 is 1.85 bits per heavy atom. The number of aryl methyl sites for hydroxylation is 1. The quantitative estimate of drug-likeness (QED) is 0.626. The van der Waals surface area contributed by atoms with E-state index in [2.05, 4.69) is 15.9 Å². The maximum absolute atomic E-state index is 13.2. The molecule has 3 aromatic rings. The molecule has 1 heterocycles. The van der Waals surface area contributed by atoms with E-state index in [-0.39, 0.29) is 17.4 Å². The van der Waals surface area contributed by atoms with Crippen molar-refractivity contribution in [3.05, 3.63) is 69.6 Å². The predicted octanol–water partition coefficient (Wildman–Crippen LogP) is 4.87. The summed E-state index contributed by atoms with van der Waals surface area (Å²) in [7, 11) is 0. The molecule has 0 aliphatic rings. The number of benzene rings is 2. The first-order valence-electron chi connectivity index (χ1n) is 6.05. The Balaban J connectivity index is 2.12. The van der Waals surface area contributed by atoms with Gasteiger partial charge >= 0.3 is 0 Å². The minimum atomic E-state index is -0.381. The van der Waals surface area contributed by atoms with E-state index in [4.69, 9.17) is 4.42 Å². The van der Waals surface area contributed by atoms with Crippen LogP contribution in [-0.4, -0.2) is 5.78 Å². The van der Waals surface area contributed by atoms with E-state index in [0.717, 1.165) is 15.4 Å². The zero-order valence-corrected chi connectivity index (χ0v) is 12.2. The average Bonchev–Trinajstić information content (AvgIpc) is 2.75. The lowest BCUT2D eigenvalue weighted by atomic mass is 10.1. The monoisotopic (exact) mass is 332 g/mol. The van der Waals surface area contributed by atoms with E-state index in [1.165, 1.54) is 12.1 Å². The van der Waals surface area contributed by atoms with Crippen LogP contribution in [0.15, 0.2) is 51.4 Å². The molecule has 0 N–H and O–H groups in total. The largest absolute Gasteiger partial charge is 0.452 e. The predicted molar refractivity (Wildman–Crippen MR) is 78.5 cm³/mol. The molecule has 0 atom stereocenters. The van der Waals surface area contributed by atoms with Crippen molar-refractivity contribution in [1.82, 2.24) is 0 Å². The lowest BCUT2D eigenvalue weighted by Crippen LogP contribution is -2.01. The van der Waals surface area contributed by atoms with Crippen LogP contribution in [0.2, 0.25) is 0 Å². The summed E-state index contributed by atoms with van der Waals surface area (Å²) in [6.07, 6.45) is 0.